The van der Waals surface area contributed by atoms with Crippen molar-refractivity contribution in [1.82, 2.24) is 21.3 Å². The van der Waals surface area contributed by atoms with Gasteiger partial charge in [0.25, 0.3) is 11.8 Å². The Hall–Kier alpha value is -4.26. The highest BCUT2D eigenvalue weighted by atomic mass is 32.2. The quantitative estimate of drug-likeness (QED) is 0.165. The molecular formula is C35H49N5O6S. The molecule has 11 nitrogen and oxygen atoms in total. The summed E-state index contributed by atoms with van der Waals surface area (Å²) in [6, 6.07) is 22.6. The summed E-state index contributed by atoms with van der Waals surface area (Å²) in [4.78, 5) is 38.5. The second kappa shape index (κ2) is 18.8. The van der Waals surface area contributed by atoms with Crippen molar-refractivity contribution in [2.24, 2.45) is 5.92 Å². The zero-order valence-corrected chi connectivity index (χ0v) is 29.1. The molecule has 0 aliphatic rings. The first-order valence-corrected chi connectivity index (χ1v) is 17.4. The number of nitrogens with one attached hydrogen (secondary N) is 4. The van der Waals surface area contributed by atoms with Gasteiger partial charge in [-0.3, -0.25) is 18.7 Å². The zero-order valence-electron chi connectivity index (χ0n) is 28.3. The van der Waals surface area contributed by atoms with E-state index >= 15 is 0 Å². The molecule has 0 saturated carbocycles. The number of carbonyl (C=O) groups is 3. The van der Waals surface area contributed by atoms with Gasteiger partial charge < -0.3 is 26.4 Å². The summed E-state index contributed by atoms with van der Waals surface area (Å²) in [6.07, 6.45) is 0.0730. The lowest BCUT2D eigenvalue weighted by Gasteiger charge is -2.22. The number of hydrogen-bond acceptors (Lipinski definition) is 7. The first-order chi connectivity index (χ1) is 22.1. The standard InChI is InChI=1S/C28H41N5O6S.C7H8/c1-18(2)17-31-28(37)25(20(4)34)29-12-13-30-26(35)22-14-23(16-24(15-22)33(5)40(6,38)39)27(36)32-19(3)21-10-8-7-9-11-21;1-7-5-3-2-4-6-7/h7-11,14-16,18-20,25,29,34H,12-13,17H2,1-6H3,(H,30,35)(H,31,37)(H,32,36);2-6H,1H3/t19-,20-,25+;/m1./s1. The van der Waals surface area contributed by atoms with Gasteiger partial charge in [-0.1, -0.05) is 80.1 Å². The Bertz CT molecular complexity index is 1550. The molecule has 3 rings (SSSR count). The fourth-order valence-electron chi connectivity index (χ4n) is 4.29. The number of nitrogens with zero attached hydrogens (tertiary/aromatic N) is 1. The van der Waals surface area contributed by atoms with Gasteiger partial charge in [-0.05, 0) is 50.5 Å². The lowest BCUT2D eigenvalue weighted by atomic mass is 10.1. The highest BCUT2D eigenvalue weighted by Gasteiger charge is 2.23. The number of aliphatic hydroxyl groups is 1. The van der Waals surface area contributed by atoms with Crippen LogP contribution in [0.2, 0.25) is 0 Å². The molecule has 3 amide bonds. The molecule has 0 aliphatic heterocycles. The molecule has 12 heteroatoms. The summed E-state index contributed by atoms with van der Waals surface area (Å²) in [7, 11) is -2.33. The topological polar surface area (TPSA) is 157 Å². The monoisotopic (exact) mass is 667 g/mol. The summed E-state index contributed by atoms with van der Waals surface area (Å²) < 4.78 is 25.4. The maximum absolute atomic E-state index is 13.1. The summed E-state index contributed by atoms with van der Waals surface area (Å²) in [5.74, 6) is -1.09. The van der Waals surface area contributed by atoms with E-state index in [2.05, 4.69) is 40.3 Å². The lowest BCUT2D eigenvalue weighted by molar-refractivity contribution is -0.125. The fraction of sp³-hybridized carbons (Fsp3) is 0.400. The number of aryl methyl sites for hydroxylation is 1. The number of rotatable bonds is 14. The highest BCUT2D eigenvalue weighted by molar-refractivity contribution is 7.92. The van der Waals surface area contributed by atoms with Crippen LogP contribution >= 0.6 is 0 Å². The molecule has 0 spiro atoms. The molecule has 0 aliphatic carbocycles. The largest absolute Gasteiger partial charge is 0.391 e. The molecule has 0 bridgehead atoms. The predicted octanol–water partition coefficient (Wildman–Crippen LogP) is 3.41. The van der Waals surface area contributed by atoms with Crippen molar-refractivity contribution in [3.05, 3.63) is 101 Å². The van der Waals surface area contributed by atoms with Gasteiger partial charge in [-0.15, -0.1) is 0 Å². The Balaban J connectivity index is 0.000000965. The SMILES string of the molecule is CC(C)CNC(=O)[C@@H](NCCNC(=O)c1cc(C(=O)N[C@H](C)c2ccccc2)cc(N(C)S(C)(=O)=O)c1)[C@@H](C)O.Cc1ccccc1. The minimum Gasteiger partial charge on any atom is -0.391 e. The molecule has 0 unspecified atom stereocenters. The third-order valence-corrected chi connectivity index (χ3v) is 8.32. The number of benzene rings is 3. The molecule has 0 radical (unpaired) electrons. The van der Waals surface area contributed by atoms with Crippen LogP contribution in [-0.2, 0) is 14.8 Å². The normalized spacial score (nSPS) is 13.0. The Morgan fingerprint density at radius 3 is 1.85 bits per heavy atom. The predicted molar refractivity (Wildman–Crippen MR) is 187 cm³/mol. The van der Waals surface area contributed by atoms with Gasteiger partial charge in [0.2, 0.25) is 15.9 Å². The van der Waals surface area contributed by atoms with E-state index in [1.54, 1.807) is 0 Å². The van der Waals surface area contributed by atoms with Crippen molar-refractivity contribution in [3.63, 3.8) is 0 Å². The van der Waals surface area contributed by atoms with Crippen LogP contribution in [0.5, 0.6) is 0 Å². The van der Waals surface area contributed by atoms with Gasteiger partial charge in [-0.2, -0.15) is 0 Å². The van der Waals surface area contributed by atoms with Crippen LogP contribution in [0.15, 0.2) is 78.9 Å². The van der Waals surface area contributed by atoms with E-state index in [1.807, 2.05) is 69.3 Å². The van der Waals surface area contributed by atoms with Crippen LogP contribution in [0.4, 0.5) is 5.69 Å². The molecule has 0 aromatic heterocycles. The first kappa shape index (κ1) is 38.9. The second-order valence-corrected chi connectivity index (χ2v) is 13.8. The van der Waals surface area contributed by atoms with E-state index in [0.29, 0.717) is 6.54 Å². The van der Waals surface area contributed by atoms with Crippen LogP contribution in [0, 0.1) is 12.8 Å². The zero-order chi connectivity index (χ0) is 35.1. The number of anilines is 1. The van der Waals surface area contributed by atoms with Crippen LogP contribution in [0.1, 0.15) is 65.6 Å². The van der Waals surface area contributed by atoms with Gasteiger partial charge in [0, 0.05) is 37.8 Å². The van der Waals surface area contributed by atoms with E-state index in [1.165, 1.54) is 37.7 Å². The molecular weight excluding hydrogens is 618 g/mol. The lowest BCUT2D eigenvalue weighted by Crippen LogP contribution is -2.52. The van der Waals surface area contributed by atoms with Crippen molar-refractivity contribution in [2.45, 2.75) is 52.8 Å². The Kier molecular flexibility index (Phi) is 15.5. The highest BCUT2D eigenvalue weighted by Crippen LogP contribution is 2.22. The summed E-state index contributed by atoms with van der Waals surface area (Å²) >= 11 is 0. The van der Waals surface area contributed by atoms with E-state index in [9.17, 15) is 27.9 Å². The number of hydrogen-bond donors (Lipinski definition) is 5. The number of sulfonamides is 1. The molecule has 0 heterocycles. The van der Waals surface area contributed by atoms with E-state index < -0.39 is 34.0 Å². The Morgan fingerprint density at radius 1 is 0.809 bits per heavy atom. The average Bonchev–Trinajstić information content (AvgIpc) is 3.03. The molecule has 3 atom stereocenters. The number of carbonyl (C=O) groups excluding carboxylic acids is 3. The summed E-state index contributed by atoms with van der Waals surface area (Å²) in [6.45, 7) is 10.1. The number of amides is 3. The third kappa shape index (κ3) is 13.6. The van der Waals surface area contributed by atoms with Gasteiger partial charge in [0.1, 0.15) is 6.04 Å². The first-order valence-electron chi connectivity index (χ1n) is 15.5. The third-order valence-electron chi connectivity index (χ3n) is 7.12. The molecule has 47 heavy (non-hydrogen) atoms. The minimum atomic E-state index is -3.67. The van der Waals surface area contributed by atoms with Crippen molar-refractivity contribution in [2.75, 3.05) is 37.2 Å². The van der Waals surface area contributed by atoms with Gasteiger partial charge >= 0.3 is 0 Å². The molecule has 256 valence electrons. The van der Waals surface area contributed by atoms with E-state index in [0.717, 1.165) is 16.1 Å². The van der Waals surface area contributed by atoms with Crippen LogP contribution in [0.3, 0.4) is 0 Å². The molecule has 3 aromatic rings. The molecule has 0 saturated heterocycles. The average molecular weight is 668 g/mol. The van der Waals surface area contributed by atoms with E-state index in [4.69, 9.17) is 0 Å². The van der Waals surface area contributed by atoms with Gasteiger partial charge in [0.05, 0.1) is 24.1 Å². The Labute approximate surface area is 279 Å². The smallest absolute Gasteiger partial charge is 0.251 e. The molecule has 0 fully saturated rings. The molecule has 5 N–H and O–H groups in total. The minimum absolute atomic E-state index is 0.0901. The van der Waals surface area contributed by atoms with Crippen molar-refractivity contribution >= 4 is 33.4 Å². The Morgan fingerprint density at radius 2 is 1.36 bits per heavy atom. The maximum Gasteiger partial charge on any atom is 0.251 e. The van der Waals surface area contributed by atoms with Crippen molar-refractivity contribution in [1.29, 1.82) is 0 Å². The van der Waals surface area contributed by atoms with Gasteiger partial charge in [-0.25, -0.2) is 8.42 Å². The van der Waals surface area contributed by atoms with Crippen molar-refractivity contribution < 1.29 is 27.9 Å². The second-order valence-electron chi connectivity index (χ2n) is 11.8. The van der Waals surface area contributed by atoms with Crippen molar-refractivity contribution in [3.8, 4) is 0 Å². The van der Waals surface area contributed by atoms with Gasteiger partial charge in [0.15, 0.2) is 0 Å². The molecule has 3 aromatic carbocycles. The summed E-state index contributed by atoms with van der Waals surface area (Å²) in [5, 5.41) is 21.3. The maximum atomic E-state index is 13.1. The van der Waals surface area contributed by atoms with Crippen LogP contribution < -0.4 is 25.6 Å². The number of aliphatic hydroxyl groups excluding tert-OH is 1. The summed E-state index contributed by atoms with van der Waals surface area (Å²) in [5.41, 5.74) is 2.57. The van der Waals surface area contributed by atoms with E-state index in [-0.39, 0.29) is 47.8 Å². The fourth-order valence-corrected chi connectivity index (χ4v) is 4.78. The van der Waals surface area contributed by atoms with Crippen LogP contribution in [-0.4, -0.2) is 76.3 Å². The van der Waals surface area contributed by atoms with Crippen LogP contribution in [0.25, 0.3) is 0 Å².